The van der Waals surface area contributed by atoms with Crippen molar-refractivity contribution in [2.45, 2.75) is 76.4 Å². The molecule has 0 aromatic rings. The quantitative estimate of drug-likeness (QED) is 0.743. The van der Waals surface area contributed by atoms with Gasteiger partial charge in [0, 0.05) is 16.0 Å². The van der Waals surface area contributed by atoms with E-state index in [1.807, 2.05) is 20.8 Å². The van der Waals surface area contributed by atoms with E-state index in [0.29, 0.717) is 5.92 Å². The van der Waals surface area contributed by atoms with Crippen LogP contribution in [0.4, 0.5) is 0 Å². The Labute approximate surface area is 113 Å². The molecule has 0 N–H and O–H groups in total. The zero-order chi connectivity index (χ0) is 13.9. The molecule has 1 fully saturated rings. The van der Waals surface area contributed by atoms with E-state index in [1.54, 1.807) is 6.92 Å². The van der Waals surface area contributed by atoms with Crippen LogP contribution in [0.2, 0.25) is 0 Å². The van der Waals surface area contributed by atoms with Gasteiger partial charge in [-0.3, -0.25) is 9.00 Å². The lowest BCUT2D eigenvalue weighted by atomic mass is 9.91. The maximum atomic E-state index is 12.4. The summed E-state index contributed by atoms with van der Waals surface area (Å²) in [6.07, 6.45) is 4.29. The highest BCUT2D eigenvalue weighted by Crippen LogP contribution is 2.28. The predicted octanol–water partition coefficient (Wildman–Crippen LogP) is 3.04. The second-order valence-electron chi connectivity index (χ2n) is 6.40. The minimum absolute atomic E-state index is 0.163. The standard InChI is InChI=1S/C14H26O3S/c1-10-7-6-8-12(9-10)18(16)11(2)13(15)17-14(3,4)5/h10-12H,6-9H2,1-5H3. The van der Waals surface area contributed by atoms with E-state index in [-0.39, 0.29) is 11.2 Å². The molecule has 4 heteroatoms. The Morgan fingerprint density at radius 2 is 1.94 bits per heavy atom. The van der Waals surface area contributed by atoms with Gasteiger partial charge in [-0.25, -0.2) is 0 Å². The van der Waals surface area contributed by atoms with E-state index in [1.165, 1.54) is 6.42 Å². The molecular formula is C14H26O3S. The van der Waals surface area contributed by atoms with Crippen molar-refractivity contribution in [3.8, 4) is 0 Å². The van der Waals surface area contributed by atoms with E-state index in [4.69, 9.17) is 4.74 Å². The van der Waals surface area contributed by atoms with Gasteiger partial charge in [-0.05, 0) is 46.5 Å². The van der Waals surface area contributed by atoms with Crippen molar-refractivity contribution in [3.63, 3.8) is 0 Å². The van der Waals surface area contributed by atoms with Gasteiger partial charge in [0.05, 0.1) is 0 Å². The highest BCUT2D eigenvalue weighted by atomic mass is 32.2. The lowest BCUT2D eigenvalue weighted by Crippen LogP contribution is -2.37. The Balaban J connectivity index is 2.57. The Kier molecular flexibility index (Phi) is 5.38. The van der Waals surface area contributed by atoms with Gasteiger partial charge in [-0.15, -0.1) is 0 Å². The summed E-state index contributed by atoms with van der Waals surface area (Å²) < 4.78 is 17.7. The molecule has 0 amide bonds. The highest BCUT2D eigenvalue weighted by molar-refractivity contribution is 7.87. The Bertz CT molecular complexity index is 319. The lowest BCUT2D eigenvalue weighted by molar-refractivity contribution is -0.153. The van der Waals surface area contributed by atoms with Crippen LogP contribution in [-0.2, 0) is 20.3 Å². The summed E-state index contributed by atoms with van der Waals surface area (Å²) in [5, 5.41) is -0.351. The first-order valence-corrected chi connectivity index (χ1v) is 8.10. The molecule has 0 radical (unpaired) electrons. The van der Waals surface area contributed by atoms with Crippen LogP contribution in [0.15, 0.2) is 0 Å². The van der Waals surface area contributed by atoms with Crippen molar-refractivity contribution < 1.29 is 13.7 Å². The topological polar surface area (TPSA) is 43.4 Å². The van der Waals surface area contributed by atoms with E-state index in [2.05, 4.69) is 6.92 Å². The van der Waals surface area contributed by atoms with Crippen molar-refractivity contribution in [3.05, 3.63) is 0 Å². The Morgan fingerprint density at radius 1 is 1.33 bits per heavy atom. The molecule has 0 heterocycles. The molecule has 4 atom stereocenters. The monoisotopic (exact) mass is 274 g/mol. The van der Waals surface area contributed by atoms with Gasteiger partial charge in [0.15, 0.2) is 0 Å². The molecule has 1 aliphatic rings. The van der Waals surface area contributed by atoms with Crippen LogP contribution in [-0.4, -0.2) is 26.3 Å². The van der Waals surface area contributed by atoms with Crippen molar-refractivity contribution >= 4 is 16.8 Å². The third kappa shape index (κ3) is 4.71. The molecule has 0 spiro atoms. The highest BCUT2D eigenvalue weighted by Gasteiger charge is 2.32. The van der Waals surface area contributed by atoms with Gasteiger partial charge in [-0.1, -0.05) is 19.8 Å². The van der Waals surface area contributed by atoms with Gasteiger partial charge in [0.25, 0.3) is 0 Å². The average molecular weight is 274 g/mol. The Morgan fingerprint density at radius 3 is 2.44 bits per heavy atom. The molecule has 18 heavy (non-hydrogen) atoms. The fourth-order valence-corrected chi connectivity index (χ4v) is 4.09. The largest absolute Gasteiger partial charge is 0.459 e. The summed E-state index contributed by atoms with van der Waals surface area (Å²) in [7, 11) is -1.11. The van der Waals surface area contributed by atoms with E-state index >= 15 is 0 Å². The maximum Gasteiger partial charge on any atom is 0.321 e. The van der Waals surface area contributed by atoms with Gasteiger partial charge < -0.3 is 4.74 Å². The first kappa shape index (κ1) is 15.7. The van der Waals surface area contributed by atoms with Crippen LogP contribution in [0.5, 0.6) is 0 Å². The lowest BCUT2D eigenvalue weighted by Gasteiger charge is -2.29. The van der Waals surface area contributed by atoms with E-state index in [0.717, 1.165) is 19.3 Å². The molecule has 0 aliphatic heterocycles. The number of hydrogen-bond acceptors (Lipinski definition) is 3. The van der Waals surface area contributed by atoms with Crippen LogP contribution in [0.1, 0.15) is 60.3 Å². The first-order valence-electron chi connectivity index (χ1n) is 6.83. The number of carbonyl (C=O) groups is 1. The minimum atomic E-state index is -1.11. The van der Waals surface area contributed by atoms with E-state index < -0.39 is 21.7 Å². The Hall–Kier alpha value is -0.380. The summed E-state index contributed by atoms with van der Waals surface area (Å²) in [5.41, 5.74) is -0.505. The molecule has 1 rings (SSSR count). The van der Waals surface area contributed by atoms with Crippen molar-refractivity contribution in [2.75, 3.05) is 0 Å². The average Bonchev–Trinajstić information content (AvgIpc) is 2.24. The van der Waals surface area contributed by atoms with Gasteiger partial charge in [0.1, 0.15) is 10.9 Å². The molecule has 106 valence electrons. The summed E-state index contributed by atoms with van der Waals surface area (Å²) in [6.45, 7) is 9.43. The van der Waals surface area contributed by atoms with Crippen LogP contribution < -0.4 is 0 Å². The maximum absolute atomic E-state index is 12.4. The van der Waals surface area contributed by atoms with Crippen molar-refractivity contribution in [2.24, 2.45) is 5.92 Å². The molecule has 3 nitrogen and oxygen atoms in total. The van der Waals surface area contributed by atoms with Crippen molar-refractivity contribution in [1.82, 2.24) is 0 Å². The van der Waals surface area contributed by atoms with Crippen LogP contribution >= 0.6 is 0 Å². The second kappa shape index (κ2) is 6.18. The smallest absolute Gasteiger partial charge is 0.321 e. The molecule has 1 saturated carbocycles. The number of esters is 1. The predicted molar refractivity (Wildman–Crippen MR) is 74.9 cm³/mol. The molecule has 0 aromatic heterocycles. The van der Waals surface area contributed by atoms with Crippen LogP contribution in [0.25, 0.3) is 0 Å². The number of ether oxygens (including phenoxy) is 1. The molecular weight excluding hydrogens is 248 g/mol. The fourth-order valence-electron chi connectivity index (χ4n) is 2.36. The third-order valence-corrected chi connectivity index (χ3v) is 5.28. The number of carbonyl (C=O) groups excluding carboxylic acids is 1. The molecule has 1 aliphatic carbocycles. The van der Waals surface area contributed by atoms with Crippen LogP contribution in [0, 0.1) is 5.92 Å². The van der Waals surface area contributed by atoms with Gasteiger partial charge >= 0.3 is 5.97 Å². The molecule has 0 bridgehead atoms. The number of rotatable bonds is 3. The second-order valence-corrected chi connectivity index (χ2v) is 8.43. The van der Waals surface area contributed by atoms with Gasteiger partial charge in [0.2, 0.25) is 0 Å². The van der Waals surface area contributed by atoms with Gasteiger partial charge in [-0.2, -0.15) is 0 Å². The fraction of sp³-hybridized carbons (Fsp3) is 0.929. The normalized spacial score (nSPS) is 28.5. The molecule has 4 unspecified atom stereocenters. The SMILES string of the molecule is CC1CCCC(S(=O)C(C)C(=O)OC(C)(C)C)C1. The van der Waals surface area contributed by atoms with E-state index in [9.17, 15) is 9.00 Å². The van der Waals surface area contributed by atoms with Crippen LogP contribution in [0.3, 0.4) is 0 Å². The molecule has 0 aromatic carbocycles. The van der Waals surface area contributed by atoms with Crippen molar-refractivity contribution in [1.29, 1.82) is 0 Å². The zero-order valence-corrected chi connectivity index (χ0v) is 13.0. The zero-order valence-electron chi connectivity index (χ0n) is 12.2. The summed E-state index contributed by atoms with van der Waals surface area (Å²) in [5.74, 6) is 0.289. The minimum Gasteiger partial charge on any atom is -0.459 e. The number of hydrogen-bond donors (Lipinski definition) is 0. The third-order valence-electron chi connectivity index (χ3n) is 3.30. The first-order chi connectivity index (χ1) is 8.20. The summed E-state index contributed by atoms with van der Waals surface area (Å²) in [6, 6.07) is 0. The molecule has 0 saturated heterocycles. The summed E-state index contributed by atoms with van der Waals surface area (Å²) >= 11 is 0. The summed E-state index contributed by atoms with van der Waals surface area (Å²) in [4.78, 5) is 11.9.